The Kier molecular flexibility index (Phi) is 7.91. The van der Waals surface area contributed by atoms with Crippen molar-refractivity contribution in [1.82, 2.24) is 20.8 Å². The highest BCUT2D eigenvalue weighted by molar-refractivity contribution is 5.79. The summed E-state index contributed by atoms with van der Waals surface area (Å²) in [5.41, 5.74) is 0.666. The van der Waals surface area contributed by atoms with Gasteiger partial charge in [-0.05, 0) is 44.0 Å². The molecule has 0 aliphatic carbocycles. The monoisotopic (exact) mass is 376 g/mol. The molecule has 8 heteroatoms. The predicted octanol–water partition coefficient (Wildman–Crippen LogP) is 2.62. The minimum absolute atomic E-state index is 0.0659. The van der Waals surface area contributed by atoms with E-state index < -0.39 is 0 Å². The van der Waals surface area contributed by atoms with Crippen LogP contribution in [-0.4, -0.2) is 34.5 Å². The molecule has 0 saturated carbocycles. The van der Waals surface area contributed by atoms with Crippen LogP contribution in [0.25, 0.3) is 11.4 Å². The lowest BCUT2D eigenvalue weighted by Crippen LogP contribution is -2.35. The first-order valence-corrected chi connectivity index (χ1v) is 9.12. The molecular formula is C19H25FN4O3. The first-order valence-electron chi connectivity index (χ1n) is 9.12. The summed E-state index contributed by atoms with van der Waals surface area (Å²) in [4.78, 5) is 27.7. The van der Waals surface area contributed by atoms with Crippen LogP contribution in [0.1, 0.15) is 45.4 Å². The van der Waals surface area contributed by atoms with Gasteiger partial charge in [0.25, 0.3) is 0 Å². The highest BCUT2D eigenvalue weighted by atomic mass is 19.1. The van der Waals surface area contributed by atoms with Gasteiger partial charge in [0.2, 0.25) is 23.5 Å². The van der Waals surface area contributed by atoms with Crippen LogP contribution >= 0.6 is 0 Å². The van der Waals surface area contributed by atoms with Crippen molar-refractivity contribution in [2.75, 3.05) is 6.54 Å². The highest BCUT2D eigenvalue weighted by Gasteiger charge is 2.10. The molecule has 7 nitrogen and oxygen atoms in total. The number of amides is 2. The number of aromatic nitrogens is 2. The molecular weight excluding hydrogens is 351 g/mol. The molecule has 1 atom stereocenters. The zero-order chi connectivity index (χ0) is 19.6. The number of rotatable bonds is 10. The number of carbonyl (C=O) groups is 2. The van der Waals surface area contributed by atoms with Crippen LogP contribution in [0, 0.1) is 5.82 Å². The van der Waals surface area contributed by atoms with Crippen LogP contribution in [-0.2, 0) is 16.0 Å². The van der Waals surface area contributed by atoms with Gasteiger partial charge in [0, 0.05) is 37.4 Å². The Labute approximate surface area is 157 Å². The first-order chi connectivity index (χ1) is 13.0. The van der Waals surface area contributed by atoms with E-state index >= 15 is 0 Å². The maximum absolute atomic E-state index is 12.9. The quantitative estimate of drug-likeness (QED) is 0.664. The van der Waals surface area contributed by atoms with Gasteiger partial charge < -0.3 is 15.2 Å². The van der Waals surface area contributed by atoms with Crippen molar-refractivity contribution in [2.24, 2.45) is 0 Å². The lowest BCUT2D eigenvalue weighted by Gasteiger charge is -2.11. The van der Waals surface area contributed by atoms with E-state index in [2.05, 4.69) is 20.8 Å². The van der Waals surface area contributed by atoms with Gasteiger partial charge in [-0.15, -0.1) is 0 Å². The Morgan fingerprint density at radius 3 is 2.63 bits per heavy atom. The van der Waals surface area contributed by atoms with Gasteiger partial charge in [-0.25, -0.2) is 4.39 Å². The summed E-state index contributed by atoms with van der Waals surface area (Å²) >= 11 is 0. The Morgan fingerprint density at radius 1 is 1.19 bits per heavy atom. The first kappa shape index (κ1) is 20.5. The smallest absolute Gasteiger partial charge is 0.226 e. The number of hydrogen-bond acceptors (Lipinski definition) is 5. The molecule has 2 rings (SSSR count). The number of aryl methyl sites for hydroxylation is 1. The molecule has 0 spiro atoms. The Morgan fingerprint density at radius 2 is 1.93 bits per heavy atom. The summed E-state index contributed by atoms with van der Waals surface area (Å²) in [6.07, 6.45) is 2.46. The summed E-state index contributed by atoms with van der Waals surface area (Å²) in [5, 5.41) is 9.43. The Balaban J connectivity index is 1.65. The molecule has 1 unspecified atom stereocenters. The normalized spacial score (nSPS) is 11.8. The summed E-state index contributed by atoms with van der Waals surface area (Å²) in [6.45, 7) is 4.25. The third kappa shape index (κ3) is 7.16. The van der Waals surface area contributed by atoms with Crippen molar-refractivity contribution in [3.8, 4) is 11.4 Å². The van der Waals surface area contributed by atoms with Crippen molar-refractivity contribution >= 4 is 11.8 Å². The summed E-state index contributed by atoms with van der Waals surface area (Å²) in [7, 11) is 0. The van der Waals surface area contributed by atoms with Gasteiger partial charge >= 0.3 is 0 Å². The van der Waals surface area contributed by atoms with Crippen molar-refractivity contribution in [2.45, 2.75) is 52.0 Å². The van der Waals surface area contributed by atoms with E-state index in [0.717, 1.165) is 6.42 Å². The fourth-order valence-electron chi connectivity index (χ4n) is 2.33. The van der Waals surface area contributed by atoms with E-state index in [1.54, 1.807) is 12.1 Å². The maximum Gasteiger partial charge on any atom is 0.226 e. The molecule has 0 saturated heterocycles. The molecule has 0 aliphatic heterocycles. The Bertz CT molecular complexity index is 746. The molecule has 0 bridgehead atoms. The summed E-state index contributed by atoms with van der Waals surface area (Å²) in [5.74, 6) is 0.302. The zero-order valence-electron chi connectivity index (χ0n) is 15.6. The van der Waals surface area contributed by atoms with Gasteiger partial charge in [0.05, 0.1) is 0 Å². The number of carbonyl (C=O) groups excluding carboxylic acids is 2. The van der Waals surface area contributed by atoms with Crippen molar-refractivity contribution in [3.63, 3.8) is 0 Å². The molecule has 27 heavy (non-hydrogen) atoms. The van der Waals surface area contributed by atoms with Crippen molar-refractivity contribution in [1.29, 1.82) is 0 Å². The minimum Gasteiger partial charge on any atom is -0.356 e. The SMILES string of the molecule is CCC(C)NC(=O)CCNC(=O)CCCc1nc(-c2ccc(F)cc2)no1. The minimum atomic E-state index is -0.328. The number of nitrogens with one attached hydrogen (secondary N) is 2. The van der Waals surface area contributed by atoms with Gasteiger partial charge in [-0.2, -0.15) is 4.98 Å². The third-order valence-corrected chi connectivity index (χ3v) is 4.06. The van der Waals surface area contributed by atoms with E-state index in [9.17, 15) is 14.0 Å². The molecule has 0 radical (unpaired) electrons. The molecule has 2 aromatic rings. The predicted molar refractivity (Wildman–Crippen MR) is 98.2 cm³/mol. The van der Waals surface area contributed by atoms with Crippen LogP contribution in [0.5, 0.6) is 0 Å². The van der Waals surface area contributed by atoms with Gasteiger partial charge in [0.15, 0.2) is 0 Å². The van der Waals surface area contributed by atoms with Crippen LogP contribution in [0.3, 0.4) is 0 Å². The fourth-order valence-corrected chi connectivity index (χ4v) is 2.33. The average Bonchev–Trinajstić information content (AvgIpc) is 3.11. The summed E-state index contributed by atoms with van der Waals surface area (Å²) in [6, 6.07) is 5.96. The second-order valence-electron chi connectivity index (χ2n) is 6.35. The number of benzene rings is 1. The van der Waals surface area contributed by atoms with Gasteiger partial charge in [0.1, 0.15) is 5.82 Å². The second kappa shape index (κ2) is 10.4. The molecule has 1 aromatic carbocycles. The maximum atomic E-state index is 12.9. The van der Waals surface area contributed by atoms with E-state index in [-0.39, 0.29) is 30.1 Å². The average molecular weight is 376 g/mol. The second-order valence-corrected chi connectivity index (χ2v) is 6.35. The molecule has 1 aromatic heterocycles. The Hall–Kier alpha value is -2.77. The van der Waals surface area contributed by atoms with Crippen molar-refractivity contribution in [3.05, 3.63) is 36.0 Å². The van der Waals surface area contributed by atoms with E-state index in [0.29, 0.717) is 43.1 Å². The molecule has 2 N–H and O–H groups in total. The molecule has 2 amide bonds. The zero-order valence-corrected chi connectivity index (χ0v) is 15.6. The largest absolute Gasteiger partial charge is 0.356 e. The number of hydrogen-bond donors (Lipinski definition) is 2. The standard InChI is InChI=1S/C19H25FN4O3/c1-3-13(2)22-17(26)11-12-21-16(25)5-4-6-18-23-19(24-27-18)14-7-9-15(20)10-8-14/h7-10,13H,3-6,11-12H2,1-2H3,(H,21,25)(H,22,26). The summed E-state index contributed by atoms with van der Waals surface area (Å²) < 4.78 is 18.1. The van der Waals surface area contributed by atoms with Gasteiger partial charge in [-0.3, -0.25) is 9.59 Å². The molecule has 146 valence electrons. The molecule has 1 heterocycles. The number of nitrogens with zero attached hydrogens (tertiary/aromatic N) is 2. The fraction of sp³-hybridized carbons (Fsp3) is 0.474. The highest BCUT2D eigenvalue weighted by Crippen LogP contribution is 2.16. The van der Waals surface area contributed by atoms with Crippen LogP contribution in [0.15, 0.2) is 28.8 Å². The lowest BCUT2D eigenvalue weighted by molar-refractivity contribution is -0.122. The van der Waals surface area contributed by atoms with E-state index in [1.807, 2.05) is 13.8 Å². The molecule has 0 aliphatic rings. The van der Waals surface area contributed by atoms with Gasteiger partial charge in [-0.1, -0.05) is 12.1 Å². The van der Waals surface area contributed by atoms with Crippen molar-refractivity contribution < 1.29 is 18.5 Å². The lowest BCUT2D eigenvalue weighted by atomic mass is 10.2. The van der Waals surface area contributed by atoms with Crippen LogP contribution < -0.4 is 10.6 Å². The van der Waals surface area contributed by atoms with E-state index in [1.165, 1.54) is 12.1 Å². The van der Waals surface area contributed by atoms with Crippen LogP contribution in [0.2, 0.25) is 0 Å². The topological polar surface area (TPSA) is 97.1 Å². The van der Waals surface area contributed by atoms with E-state index in [4.69, 9.17) is 4.52 Å². The van der Waals surface area contributed by atoms with Crippen LogP contribution in [0.4, 0.5) is 4.39 Å². The third-order valence-electron chi connectivity index (χ3n) is 4.06. The molecule has 0 fully saturated rings. The number of halogens is 1.